The molecule has 20 heavy (non-hydrogen) atoms. The van der Waals surface area contributed by atoms with Gasteiger partial charge in [0.15, 0.2) is 0 Å². The number of unbranched alkanes of at least 4 members (excludes halogenated alkanes) is 3. The summed E-state index contributed by atoms with van der Waals surface area (Å²) in [5, 5.41) is 0. The van der Waals surface area contributed by atoms with Gasteiger partial charge in [-0.2, -0.15) is 12.6 Å². The van der Waals surface area contributed by atoms with Gasteiger partial charge in [-0.05, 0) is 57.2 Å². The van der Waals surface area contributed by atoms with Crippen molar-refractivity contribution in [3.63, 3.8) is 0 Å². The molecule has 0 aromatic heterocycles. The third-order valence-corrected chi connectivity index (χ3v) is 4.20. The van der Waals surface area contributed by atoms with Crippen LogP contribution in [0.1, 0.15) is 38.2 Å². The van der Waals surface area contributed by atoms with Crippen LogP contribution in [0.5, 0.6) is 5.75 Å². The summed E-state index contributed by atoms with van der Waals surface area (Å²) in [7, 11) is 3.97. The van der Waals surface area contributed by atoms with Gasteiger partial charge in [0.2, 0.25) is 0 Å². The number of thiol groups is 1. The summed E-state index contributed by atoms with van der Waals surface area (Å²) in [5.41, 5.74) is 1.30. The smallest absolute Gasteiger partial charge is 0.122 e. The Balaban J connectivity index is 2.35. The second-order valence-electron chi connectivity index (χ2n) is 5.48. The Bertz CT molecular complexity index is 370. The van der Waals surface area contributed by atoms with Crippen LogP contribution in [-0.2, 0) is 6.42 Å². The number of para-hydroxylation sites is 1. The van der Waals surface area contributed by atoms with Crippen LogP contribution < -0.4 is 4.74 Å². The van der Waals surface area contributed by atoms with E-state index in [9.17, 15) is 0 Å². The highest BCUT2D eigenvalue weighted by Crippen LogP contribution is 2.20. The van der Waals surface area contributed by atoms with Crippen LogP contribution in [-0.4, -0.2) is 37.4 Å². The predicted octanol–water partition coefficient (Wildman–Crippen LogP) is 4.05. The van der Waals surface area contributed by atoms with Gasteiger partial charge < -0.3 is 9.64 Å². The van der Waals surface area contributed by atoms with Gasteiger partial charge in [0.1, 0.15) is 5.75 Å². The highest BCUT2D eigenvalue weighted by Gasteiger charge is 2.12. The van der Waals surface area contributed by atoms with E-state index in [2.05, 4.69) is 43.6 Å². The van der Waals surface area contributed by atoms with Crippen LogP contribution in [0.3, 0.4) is 0 Å². The molecule has 0 saturated heterocycles. The molecule has 0 amide bonds. The van der Waals surface area contributed by atoms with Crippen LogP contribution in [0, 0.1) is 0 Å². The lowest BCUT2D eigenvalue weighted by atomic mass is 10.0. The minimum absolute atomic E-state index is 0.538. The number of hydrogen-bond donors (Lipinski definition) is 1. The molecule has 0 spiro atoms. The fraction of sp³-hybridized carbons (Fsp3) is 0.647. The number of ether oxygens (including phenoxy) is 1. The van der Waals surface area contributed by atoms with Crippen molar-refractivity contribution in [1.29, 1.82) is 0 Å². The Hall–Kier alpha value is -0.670. The van der Waals surface area contributed by atoms with Gasteiger partial charge >= 0.3 is 0 Å². The van der Waals surface area contributed by atoms with Gasteiger partial charge in [-0.3, -0.25) is 0 Å². The number of nitrogens with zero attached hydrogens (tertiary/aromatic N) is 1. The molecule has 1 rings (SSSR count). The first-order valence-corrected chi connectivity index (χ1v) is 8.25. The van der Waals surface area contributed by atoms with Crippen molar-refractivity contribution in [2.75, 3.05) is 26.5 Å². The minimum Gasteiger partial charge on any atom is -0.496 e. The Morgan fingerprint density at radius 1 is 1.15 bits per heavy atom. The molecule has 3 heteroatoms. The molecule has 0 aliphatic heterocycles. The summed E-state index contributed by atoms with van der Waals surface area (Å²) in [6.45, 7) is 3.46. The minimum atomic E-state index is 0.538. The Morgan fingerprint density at radius 2 is 1.85 bits per heavy atom. The zero-order chi connectivity index (χ0) is 14.8. The van der Waals surface area contributed by atoms with Gasteiger partial charge in [-0.25, -0.2) is 0 Å². The Kier molecular flexibility index (Phi) is 8.79. The third kappa shape index (κ3) is 6.19. The van der Waals surface area contributed by atoms with E-state index in [1.807, 2.05) is 12.1 Å². The lowest BCUT2D eigenvalue weighted by Gasteiger charge is -2.25. The molecule has 1 aromatic carbocycles. The van der Waals surface area contributed by atoms with E-state index in [4.69, 9.17) is 4.74 Å². The summed E-state index contributed by atoms with van der Waals surface area (Å²) < 4.78 is 5.43. The van der Waals surface area contributed by atoms with E-state index in [1.54, 1.807) is 7.11 Å². The monoisotopic (exact) mass is 295 g/mol. The normalized spacial score (nSPS) is 12.7. The van der Waals surface area contributed by atoms with E-state index in [1.165, 1.54) is 37.8 Å². The standard InChI is InChI=1S/C17H29NOS/c1-15(18(2)12-8-4-5-9-13-20)14-16-10-6-7-11-17(16)19-3/h6-7,10-11,15,20H,4-5,8-9,12-14H2,1-3H3. The van der Waals surface area contributed by atoms with Crippen LogP contribution in [0.25, 0.3) is 0 Å². The van der Waals surface area contributed by atoms with Crippen molar-refractivity contribution < 1.29 is 4.74 Å². The maximum Gasteiger partial charge on any atom is 0.122 e. The molecule has 0 saturated carbocycles. The van der Waals surface area contributed by atoms with Crippen LogP contribution >= 0.6 is 12.6 Å². The van der Waals surface area contributed by atoms with E-state index in [-0.39, 0.29) is 0 Å². The van der Waals surface area contributed by atoms with Crippen LogP contribution in [0.15, 0.2) is 24.3 Å². The molecule has 0 aliphatic rings. The summed E-state index contributed by atoms with van der Waals surface area (Å²) in [5.74, 6) is 2.02. The number of benzene rings is 1. The fourth-order valence-electron chi connectivity index (χ4n) is 2.39. The van der Waals surface area contributed by atoms with E-state index < -0.39 is 0 Å². The van der Waals surface area contributed by atoms with Gasteiger partial charge in [0, 0.05) is 6.04 Å². The van der Waals surface area contributed by atoms with E-state index in [0.717, 1.165) is 17.9 Å². The molecule has 0 radical (unpaired) electrons. The average molecular weight is 295 g/mol. The Morgan fingerprint density at radius 3 is 2.55 bits per heavy atom. The molecule has 114 valence electrons. The molecule has 0 bridgehead atoms. The third-order valence-electron chi connectivity index (χ3n) is 3.88. The second kappa shape index (κ2) is 10.1. The first-order valence-electron chi connectivity index (χ1n) is 7.62. The molecular formula is C17H29NOS. The largest absolute Gasteiger partial charge is 0.496 e. The van der Waals surface area contributed by atoms with Crippen LogP contribution in [0.4, 0.5) is 0 Å². The lowest BCUT2D eigenvalue weighted by molar-refractivity contribution is 0.249. The first-order chi connectivity index (χ1) is 9.69. The molecule has 2 nitrogen and oxygen atoms in total. The van der Waals surface area contributed by atoms with Gasteiger partial charge in [0.25, 0.3) is 0 Å². The average Bonchev–Trinajstić information content (AvgIpc) is 2.47. The molecular weight excluding hydrogens is 266 g/mol. The fourth-order valence-corrected chi connectivity index (χ4v) is 2.62. The van der Waals surface area contributed by atoms with Gasteiger partial charge in [-0.1, -0.05) is 31.0 Å². The van der Waals surface area contributed by atoms with Crippen LogP contribution in [0.2, 0.25) is 0 Å². The highest BCUT2D eigenvalue weighted by molar-refractivity contribution is 7.80. The number of hydrogen-bond acceptors (Lipinski definition) is 3. The predicted molar refractivity (Wildman–Crippen MR) is 91.1 cm³/mol. The number of likely N-dealkylation sites (N-methyl/N-ethyl adjacent to an activating group) is 1. The molecule has 1 unspecified atom stereocenters. The first kappa shape index (κ1) is 17.4. The number of methoxy groups -OCH3 is 1. The number of rotatable bonds is 10. The van der Waals surface area contributed by atoms with Gasteiger partial charge in [-0.15, -0.1) is 0 Å². The SMILES string of the molecule is COc1ccccc1CC(C)N(C)CCCCCCS. The quantitative estimate of drug-likeness (QED) is 0.516. The summed E-state index contributed by atoms with van der Waals surface area (Å²) >= 11 is 4.25. The lowest BCUT2D eigenvalue weighted by Crippen LogP contribution is -2.31. The van der Waals surface area contributed by atoms with Crippen molar-refractivity contribution in [2.45, 2.75) is 45.1 Å². The summed E-state index contributed by atoms with van der Waals surface area (Å²) in [6, 6.07) is 8.85. The van der Waals surface area contributed by atoms with Gasteiger partial charge in [0.05, 0.1) is 7.11 Å². The highest BCUT2D eigenvalue weighted by atomic mass is 32.1. The Labute approximate surface area is 129 Å². The molecule has 1 aromatic rings. The molecule has 0 fully saturated rings. The molecule has 0 heterocycles. The zero-order valence-electron chi connectivity index (χ0n) is 13.1. The molecule has 0 aliphatic carbocycles. The maximum absolute atomic E-state index is 5.43. The molecule has 1 atom stereocenters. The molecule has 0 N–H and O–H groups in total. The summed E-state index contributed by atoms with van der Waals surface area (Å²) in [6.07, 6.45) is 6.17. The van der Waals surface area contributed by atoms with Crippen molar-refractivity contribution >= 4 is 12.6 Å². The van der Waals surface area contributed by atoms with Crippen molar-refractivity contribution in [2.24, 2.45) is 0 Å². The van der Waals surface area contributed by atoms with Crippen molar-refractivity contribution in [1.82, 2.24) is 4.90 Å². The zero-order valence-corrected chi connectivity index (χ0v) is 14.0. The maximum atomic E-state index is 5.43. The second-order valence-corrected chi connectivity index (χ2v) is 5.93. The van der Waals surface area contributed by atoms with E-state index >= 15 is 0 Å². The van der Waals surface area contributed by atoms with E-state index in [0.29, 0.717) is 6.04 Å². The summed E-state index contributed by atoms with van der Waals surface area (Å²) in [4.78, 5) is 2.45. The topological polar surface area (TPSA) is 12.5 Å². The van der Waals surface area contributed by atoms with Crippen molar-refractivity contribution in [3.8, 4) is 5.75 Å². The van der Waals surface area contributed by atoms with Crippen molar-refractivity contribution in [3.05, 3.63) is 29.8 Å².